The van der Waals surface area contributed by atoms with Gasteiger partial charge in [0.05, 0.1) is 32.3 Å². The van der Waals surface area contributed by atoms with Gasteiger partial charge in [0, 0.05) is 58.5 Å². The number of unbranched alkanes of at least 4 members (excludes halogenated alkanes) is 32. The number of hydrogen-bond acceptors (Lipinski definition) is 8. The molecule has 4 N–H and O–H groups in total. The number of carbonyl (C=O) groups excluding carboxylic acids is 2. The quantitative estimate of drug-likeness (QED) is 0.0380. The fourth-order valence-corrected chi connectivity index (χ4v) is 18.4. The number of thiophene rings is 4. The van der Waals surface area contributed by atoms with Gasteiger partial charge in [-0.15, -0.1) is 45.3 Å². The number of hydrogen-bond donors (Lipinski definition) is 2. The van der Waals surface area contributed by atoms with E-state index in [9.17, 15) is 0 Å². The second kappa shape index (κ2) is 38.2. The molecule has 2 aliphatic rings. The van der Waals surface area contributed by atoms with Crippen LogP contribution in [0.4, 0.5) is 0 Å². The summed E-state index contributed by atoms with van der Waals surface area (Å²) in [4.78, 5) is 43.4. The predicted molar refractivity (Wildman–Crippen MR) is 391 cm³/mol. The number of amides is 2. The van der Waals surface area contributed by atoms with Gasteiger partial charge < -0.3 is 21.3 Å². The molecule has 0 saturated carbocycles. The summed E-state index contributed by atoms with van der Waals surface area (Å²) in [7, 11) is 0. The van der Waals surface area contributed by atoms with Crippen LogP contribution in [0.5, 0.6) is 0 Å². The zero-order valence-corrected chi connectivity index (χ0v) is 60.2. The molecule has 2 aliphatic heterocycles. The van der Waals surface area contributed by atoms with Gasteiger partial charge in [-0.05, 0) is 113 Å². The van der Waals surface area contributed by atoms with Crippen LogP contribution in [0, 0.1) is 11.8 Å². The van der Waals surface area contributed by atoms with Crippen molar-refractivity contribution in [2.75, 3.05) is 13.1 Å². The molecule has 1 aromatic carbocycles. The lowest BCUT2D eigenvalue weighted by Gasteiger charge is -2.29. The van der Waals surface area contributed by atoms with Gasteiger partial charge >= 0.3 is 0 Å². The minimum atomic E-state index is -0.554. The van der Waals surface area contributed by atoms with Crippen molar-refractivity contribution < 1.29 is 9.59 Å². The molecule has 0 aliphatic carbocycles. The topological polar surface area (TPSA) is 92.7 Å². The van der Waals surface area contributed by atoms with E-state index in [1.165, 1.54) is 266 Å². The highest BCUT2D eigenvalue weighted by Gasteiger charge is 2.50. The number of fused-ring (bicyclic) bond motifs is 4. The van der Waals surface area contributed by atoms with E-state index in [0.717, 1.165) is 51.7 Å². The van der Waals surface area contributed by atoms with E-state index in [4.69, 9.17) is 11.5 Å². The molecular formula is C78H122N4O2S4. The number of nitrogens with zero attached hydrogens (tertiary/aromatic N) is 2. The van der Waals surface area contributed by atoms with Crippen molar-refractivity contribution in [1.82, 2.24) is 9.80 Å². The summed E-state index contributed by atoms with van der Waals surface area (Å²) in [6.07, 6.45) is 51.4. The first-order valence-electron chi connectivity index (χ1n) is 36.6. The van der Waals surface area contributed by atoms with Crippen molar-refractivity contribution in [1.29, 1.82) is 0 Å². The molecule has 0 bridgehead atoms. The normalized spacial score (nSPS) is 14.8. The Labute approximate surface area is 552 Å². The molecule has 0 saturated heterocycles. The Morgan fingerprint density at radius 3 is 1.10 bits per heavy atom. The third-order valence-corrected chi connectivity index (χ3v) is 24.6. The summed E-state index contributed by atoms with van der Waals surface area (Å²) in [5.41, 5.74) is 15.6. The van der Waals surface area contributed by atoms with Crippen molar-refractivity contribution in [3.05, 3.63) is 79.2 Å². The molecule has 7 rings (SSSR count). The van der Waals surface area contributed by atoms with Gasteiger partial charge in [0.25, 0.3) is 11.8 Å². The summed E-state index contributed by atoms with van der Waals surface area (Å²) in [6.45, 7) is 18.8. The Hall–Kier alpha value is -3.12. The number of rotatable bonds is 49. The van der Waals surface area contributed by atoms with Gasteiger partial charge in [0.1, 0.15) is 0 Å². The van der Waals surface area contributed by atoms with Crippen molar-refractivity contribution in [3.8, 4) is 9.75 Å². The van der Waals surface area contributed by atoms with Crippen LogP contribution in [0.2, 0.25) is 0 Å². The maximum atomic E-state index is 16.2. The maximum absolute atomic E-state index is 16.2. The zero-order valence-electron chi connectivity index (χ0n) is 57.0. The third kappa shape index (κ3) is 21.7. The Morgan fingerprint density at radius 2 is 0.727 bits per heavy atom. The third-order valence-electron chi connectivity index (χ3n) is 19.3. The van der Waals surface area contributed by atoms with E-state index in [1.54, 1.807) is 22.7 Å². The fraction of sp³-hybridized carbons (Fsp3) is 0.692. The van der Waals surface area contributed by atoms with Gasteiger partial charge in [-0.3, -0.25) is 9.59 Å². The Balaban J connectivity index is 1.24. The first kappa shape index (κ1) is 72.3. The second-order valence-corrected chi connectivity index (χ2v) is 32.7. The van der Waals surface area contributed by atoms with E-state index in [2.05, 4.69) is 114 Å². The van der Waals surface area contributed by atoms with Gasteiger partial charge in [0.2, 0.25) is 0 Å². The van der Waals surface area contributed by atoms with Crippen LogP contribution >= 0.6 is 45.3 Å². The van der Waals surface area contributed by atoms with E-state index in [0.29, 0.717) is 36.1 Å². The van der Waals surface area contributed by atoms with Gasteiger partial charge in [-0.1, -0.05) is 265 Å². The summed E-state index contributed by atoms with van der Waals surface area (Å²) in [5, 5.41) is 2.51. The average Bonchev–Trinajstić information content (AvgIpc) is 1.60. The molecule has 6 nitrogen and oxygen atoms in total. The van der Waals surface area contributed by atoms with Crippen molar-refractivity contribution in [3.63, 3.8) is 0 Å². The molecule has 490 valence electrons. The average molecular weight is 1280 g/mol. The van der Waals surface area contributed by atoms with Crippen molar-refractivity contribution in [2.24, 2.45) is 23.3 Å². The number of carbonyl (C=O) groups is 2. The minimum absolute atomic E-state index is 0.0201. The minimum Gasteiger partial charge on any atom is -0.321 e. The van der Waals surface area contributed by atoms with Gasteiger partial charge in [0.15, 0.2) is 0 Å². The molecule has 5 aromatic rings. The molecule has 0 spiro atoms. The molecule has 2 atom stereocenters. The summed E-state index contributed by atoms with van der Waals surface area (Å²) in [5.74, 6) is 0.747. The van der Waals surface area contributed by atoms with Crippen LogP contribution in [0.25, 0.3) is 41.3 Å². The summed E-state index contributed by atoms with van der Waals surface area (Å²) >= 11 is 7.10. The summed E-state index contributed by atoms with van der Waals surface area (Å²) < 4.78 is 2.55. The van der Waals surface area contributed by atoms with Crippen molar-refractivity contribution >= 4 is 88.7 Å². The smallest absolute Gasteiger partial charge is 0.261 e. The highest BCUT2D eigenvalue weighted by Crippen LogP contribution is 2.52. The van der Waals surface area contributed by atoms with Crippen LogP contribution in [0.1, 0.15) is 332 Å². The SMILES string of the molecule is CCCCCCCCCCCCC(CCCCCCCCCC)CN1C(=O)C2=C(c3ccc(C(C)(C)N)s3)N(CC(CCCCCCCCCC)CCCCCCCCCCCC)C(=O)C2=C1c1ccc(-c2cc3c(ccc4cc(C(C)(C)N)sc43)s2)s1. The number of nitrogens with two attached hydrogens (primary N) is 2. The highest BCUT2D eigenvalue weighted by atomic mass is 32.1. The predicted octanol–water partition coefficient (Wildman–Crippen LogP) is 25.0. The zero-order chi connectivity index (χ0) is 62.7. The Bertz CT molecular complexity index is 2900. The van der Waals surface area contributed by atoms with Crippen LogP contribution in [-0.4, -0.2) is 34.7 Å². The standard InChI is InChI=1S/C78H122N4O2S4/c1-9-13-17-21-25-29-31-35-39-43-46-59(45-41-37-33-27-23-19-15-11-3)57-81-72(65-52-51-64(86-65)67-56-62-63(85-67)50-49-61-55-69(78(7,8)80)88-74(61)62)70-71(76(81)84)73(66-53-54-68(87-66)77(5,6)79)82(75(70)83)58-60(47-42-38-34-28-24-20-16-12-4)48-44-40-36-32-30-26-22-18-14-10-2/h49-56,59-60H,9-48,57-58,79-80H2,1-8H3. The molecule has 10 heteroatoms. The van der Waals surface area contributed by atoms with Crippen LogP contribution in [-0.2, 0) is 20.7 Å². The molecule has 0 radical (unpaired) electrons. The van der Waals surface area contributed by atoms with E-state index < -0.39 is 11.1 Å². The first-order valence-corrected chi connectivity index (χ1v) is 39.8. The molecule has 2 unspecified atom stereocenters. The Morgan fingerprint density at radius 1 is 0.375 bits per heavy atom. The van der Waals surface area contributed by atoms with Gasteiger partial charge in [-0.2, -0.15) is 0 Å². The summed E-state index contributed by atoms with van der Waals surface area (Å²) in [6, 6.07) is 18.0. The fourth-order valence-electron chi connectivity index (χ4n) is 13.9. The van der Waals surface area contributed by atoms with E-state index in [1.807, 2.05) is 22.7 Å². The first-order chi connectivity index (χ1) is 42.7. The molecule has 6 heterocycles. The molecule has 4 aromatic heterocycles. The number of benzene rings is 1. The largest absolute Gasteiger partial charge is 0.321 e. The van der Waals surface area contributed by atoms with Crippen LogP contribution < -0.4 is 11.5 Å². The Kier molecular flexibility index (Phi) is 31.4. The highest BCUT2D eigenvalue weighted by molar-refractivity contribution is 7.27. The van der Waals surface area contributed by atoms with Crippen molar-refractivity contribution in [2.45, 2.75) is 323 Å². The van der Waals surface area contributed by atoms with Crippen LogP contribution in [0.3, 0.4) is 0 Å². The second-order valence-electron chi connectivity index (χ2n) is 28.4. The molecular weight excluding hydrogens is 1150 g/mol. The lowest BCUT2D eigenvalue weighted by atomic mass is 9.93. The molecule has 0 fully saturated rings. The molecule has 2 amide bonds. The molecule has 88 heavy (non-hydrogen) atoms. The van der Waals surface area contributed by atoms with E-state index in [-0.39, 0.29) is 11.8 Å². The van der Waals surface area contributed by atoms with Crippen LogP contribution in [0.15, 0.2) is 59.7 Å². The lowest BCUT2D eigenvalue weighted by Crippen LogP contribution is -2.34. The monoisotopic (exact) mass is 1270 g/mol. The maximum Gasteiger partial charge on any atom is 0.261 e. The lowest BCUT2D eigenvalue weighted by molar-refractivity contribution is -0.124. The van der Waals surface area contributed by atoms with E-state index >= 15 is 9.59 Å². The van der Waals surface area contributed by atoms with Gasteiger partial charge in [-0.25, -0.2) is 0 Å².